The first-order chi connectivity index (χ1) is 25.3. The second-order valence-electron chi connectivity index (χ2n) is 13.4. The van der Waals surface area contributed by atoms with Crippen molar-refractivity contribution in [3.63, 3.8) is 0 Å². The van der Waals surface area contributed by atoms with Crippen LogP contribution in [0.3, 0.4) is 0 Å². The molecule has 3 heterocycles. The van der Waals surface area contributed by atoms with Gasteiger partial charge in [-0.3, -0.25) is 0 Å². The average molecular weight is 650 g/mol. The van der Waals surface area contributed by atoms with Crippen molar-refractivity contribution in [1.29, 1.82) is 0 Å². The van der Waals surface area contributed by atoms with Gasteiger partial charge in [-0.1, -0.05) is 127 Å². The van der Waals surface area contributed by atoms with E-state index in [1.807, 2.05) is 0 Å². The average Bonchev–Trinajstić information content (AvgIpc) is 3.83. The van der Waals surface area contributed by atoms with Crippen LogP contribution in [-0.4, -0.2) is 13.7 Å². The Bertz CT molecular complexity index is 3120. The number of para-hydroxylation sites is 5. The molecule has 238 valence electrons. The van der Waals surface area contributed by atoms with Crippen LogP contribution in [0.1, 0.15) is 0 Å². The fraction of sp³-hybridized carbons (Fsp3) is 0. The van der Waals surface area contributed by atoms with E-state index in [1.54, 1.807) is 0 Å². The molecule has 0 aliphatic carbocycles. The standard InChI is InChI=1S/C48H31N3/c1-3-15-32(16-4-1)33-17-13-20-35(29-33)50-43-26-11-7-21-36(43)39-24-14-28-45(48(39)50)51-44-27-12-9-23-38(44)41-30-46-40(31-47(41)51)37-22-8-10-25-42(37)49(46)34-18-5-2-6-19-34/h1-31H. The zero-order valence-electron chi connectivity index (χ0n) is 27.7. The maximum absolute atomic E-state index is 2.50. The van der Waals surface area contributed by atoms with Gasteiger partial charge >= 0.3 is 0 Å². The van der Waals surface area contributed by atoms with E-state index >= 15 is 0 Å². The Hall–Kier alpha value is -6.84. The molecule has 3 aromatic heterocycles. The summed E-state index contributed by atoms with van der Waals surface area (Å²) in [6.07, 6.45) is 0. The molecule has 0 unspecified atom stereocenters. The molecule has 3 heteroatoms. The molecule has 11 rings (SSSR count). The molecule has 0 radical (unpaired) electrons. The van der Waals surface area contributed by atoms with Gasteiger partial charge in [-0.2, -0.15) is 0 Å². The van der Waals surface area contributed by atoms with Gasteiger partial charge in [0.1, 0.15) is 0 Å². The van der Waals surface area contributed by atoms with Crippen molar-refractivity contribution in [1.82, 2.24) is 13.7 Å². The summed E-state index contributed by atoms with van der Waals surface area (Å²) in [5, 5.41) is 7.46. The first kappa shape index (κ1) is 28.0. The van der Waals surface area contributed by atoms with Gasteiger partial charge in [-0.05, 0) is 71.8 Å². The van der Waals surface area contributed by atoms with Crippen LogP contribution in [0.25, 0.3) is 93.6 Å². The Morgan fingerprint density at radius 2 is 0.725 bits per heavy atom. The van der Waals surface area contributed by atoms with E-state index in [9.17, 15) is 0 Å². The summed E-state index contributed by atoms with van der Waals surface area (Å²) < 4.78 is 7.37. The molecule has 0 saturated heterocycles. The number of rotatable bonds is 4. The van der Waals surface area contributed by atoms with E-state index in [2.05, 4.69) is 202 Å². The highest BCUT2D eigenvalue weighted by atomic mass is 15.1. The van der Waals surface area contributed by atoms with Crippen LogP contribution >= 0.6 is 0 Å². The second kappa shape index (κ2) is 10.8. The van der Waals surface area contributed by atoms with Crippen LogP contribution in [0.4, 0.5) is 0 Å². The zero-order valence-corrected chi connectivity index (χ0v) is 27.7. The van der Waals surface area contributed by atoms with Crippen molar-refractivity contribution in [3.8, 4) is 28.2 Å². The Morgan fingerprint density at radius 3 is 1.41 bits per heavy atom. The van der Waals surface area contributed by atoms with Crippen LogP contribution < -0.4 is 0 Å². The first-order valence-corrected chi connectivity index (χ1v) is 17.5. The number of aromatic nitrogens is 3. The molecule has 0 spiro atoms. The van der Waals surface area contributed by atoms with E-state index in [0.29, 0.717) is 0 Å². The largest absolute Gasteiger partial charge is 0.309 e. The molecule has 0 fully saturated rings. The van der Waals surface area contributed by atoms with Crippen molar-refractivity contribution in [2.24, 2.45) is 0 Å². The van der Waals surface area contributed by atoms with Crippen molar-refractivity contribution in [2.45, 2.75) is 0 Å². The van der Waals surface area contributed by atoms with E-state index in [-0.39, 0.29) is 0 Å². The molecule has 51 heavy (non-hydrogen) atoms. The third-order valence-corrected chi connectivity index (χ3v) is 10.6. The number of benzene rings is 8. The molecule has 0 amide bonds. The van der Waals surface area contributed by atoms with Crippen LogP contribution in [0, 0.1) is 0 Å². The van der Waals surface area contributed by atoms with E-state index in [4.69, 9.17) is 0 Å². The topological polar surface area (TPSA) is 14.8 Å². The molecule has 0 aliphatic rings. The van der Waals surface area contributed by atoms with Crippen LogP contribution in [0.2, 0.25) is 0 Å². The summed E-state index contributed by atoms with van der Waals surface area (Å²) in [5.41, 5.74) is 13.1. The van der Waals surface area contributed by atoms with E-state index < -0.39 is 0 Å². The molecule has 0 bridgehead atoms. The highest BCUT2D eigenvalue weighted by Crippen LogP contribution is 2.42. The van der Waals surface area contributed by atoms with Crippen LogP contribution in [0.5, 0.6) is 0 Å². The minimum Gasteiger partial charge on any atom is -0.309 e. The lowest BCUT2D eigenvalue weighted by Crippen LogP contribution is -2.01. The molecular formula is C48H31N3. The first-order valence-electron chi connectivity index (χ1n) is 17.5. The van der Waals surface area contributed by atoms with Gasteiger partial charge < -0.3 is 13.7 Å². The molecule has 0 N–H and O–H groups in total. The summed E-state index contributed by atoms with van der Waals surface area (Å²) in [4.78, 5) is 0. The Balaban J connectivity index is 1.27. The Labute approximate surface area is 294 Å². The van der Waals surface area contributed by atoms with Gasteiger partial charge in [0.2, 0.25) is 0 Å². The van der Waals surface area contributed by atoms with Crippen molar-refractivity contribution in [3.05, 3.63) is 188 Å². The highest BCUT2D eigenvalue weighted by Gasteiger charge is 2.22. The fourth-order valence-corrected chi connectivity index (χ4v) is 8.45. The van der Waals surface area contributed by atoms with E-state index in [0.717, 1.165) is 11.4 Å². The van der Waals surface area contributed by atoms with Gasteiger partial charge in [0.15, 0.2) is 0 Å². The number of fused-ring (bicyclic) bond motifs is 9. The Morgan fingerprint density at radius 1 is 0.255 bits per heavy atom. The van der Waals surface area contributed by atoms with Gasteiger partial charge in [0.05, 0.1) is 38.8 Å². The quantitative estimate of drug-likeness (QED) is 0.180. The minimum absolute atomic E-state index is 1.14. The summed E-state index contributed by atoms with van der Waals surface area (Å²) in [6, 6.07) is 68.4. The maximum atomic E-state index is 2.50. The third kappa shape index (κ3) is 4.06. The predicted octanol–water partition coefficient (Wildman–Crippen LogP) is 12.6. The van der Waals surface area contributed by atoms with Crippen LogP contribution in [0.15, 0.2) is 188 Å². The maximum Gasteiger partial charge on any atom is 0.0782 e. The molecule has 11 aromatic rings. The zero-order chi connectivity index (χ0) is 33.5. The number of hydrogen-bond acceptors (Lipinski definition) is 0. The summed E-state index contributed by atoms with van der Waals surface area (Å²) in [6.45, 7) is 0. The molecule has 0 atom stereocenters. The summed E-state index contributed by atoms with van der Waals surface area (Å²) in [5.74, 6) is 0. The molecule has 3 nitrogen and oxygen atoms in total. The minimum atomic E-state index is 1.14. The second-order valence-corrected chi connectivity index (χ2v) is 13.4. The van der Waals surface area contributed by atoms with Crippen molar-refractivity contribution < 1.29 is 0 Å². The molecular weight excluding hydrogens is 619 g/mol. The highest BCUT2D eigenvalue weighted by molar-refractivity contribution is 6.20. The van der Waals surface area contributed by atoms with Gasteiger partial charge in [0.25, 0.3) is 0 Å². The van der Waals surface area contributed by atoms with Crippen molar-refractivity contribution >= 4 is 65.4 Å². The third-order valence-electron chi connectivity index (χ3n) is 10.6. The van der Waals surface area contributed by atoms with Gasteiger partial charge in [-0.15, -0.1) is 0 Å². The van der Waals surface area contributed by atoms with Gasteiger partial charge in [-0.25, -0.2) is 0 Å². The lowest BCUT2D eigenvalue weighted by atomic mass is 10.1. The number of nitrogens with zero attached hydrogens (tertiary/aromatic N) is 3. The monoisotopic (exact) mass is 649 g/mol. The summed E-state index contributed by atoms with van der Waals surface area (Å²) in [7, 11) is 0. The summed E-state index contributed by atoms with van der Waals surface area (Å²) >= 11 is 0. The predicted molar refractivity (Wildman–Crippen MR) is 215 cm³/mol. The lowest BCUT2D eigenvalue weighted by molar-refractivity contribution is 1.13. The smallest absolute Gasteiger partial charge is 0.0782 e. The normalized spacial score (nSPS) is 11.9. The van der Waals surface area contributed by atoms with E-state index in [1.165, 1.54) is 82.2 Å². The molecule has 8 aromatic carbocycles. The lowest BCUT2D eigenvalue weighted by Gasteiger charge is -2.15. The SMILES string of the molecule is c1ccc(-c2cccc(-n3c4ccccc4c4cccc(-n5c6ccccc6c6cc7c(cc65)c5ccccc5n7-c5ccccc5)c43)c2)cc1. The molecule has 0 saturated carbocycles. The van der Waals surface area contributed by atoms with Gasteiger partial charge in [0, 0.05) is 43.7 Å². The number of hydrogen-bond donors (Lipinski definition) is 0. The molecule has 0 aliphatic heterocycles. The fourth-order valence-electron chi connectivity index (χ4n) is 8.45. The van der Waals surface area contributed by atoms with Crippen molar-refractivity contribution in [2.75, 3.05) is 0 Å². The van der Waals surface area contributed by atoms with Crippen LogP contribution in [-0.2, 0) is 0 Å². The Kier molecular flexibility index (Phi) is 5.96.